The van der Waals surface area contributed by atoms with E-state index in [1.54, 1.807) is 0 Å². The van der Waals surface area contributed by atoms with E-state index in [-0.39, 0.29) is 26.8 Å². The van der Waals surface area contributed by atoms with Crippen LogP contribution in [0.3, 0.4) is 0 Å². The number of nitrogens with one attached hydrogen (secondary N) is 1. The van der Waals surface area contributed by atoms with Gasteiger partial charge in [-0.3, -0.25) is 0 Å². The van der Waals surface area contributed by atoms with Gasteiger partial charge in [-0.25, -0.2) is 0 Å². The fourth-order valence-electron chi connectivity index (χ4n) is 1.45. The molecule has 4 nitrogen and oxygen atoms in total. The third kappa shape index (κ3) is 1.30. The van der Waals surface area contributed by atoms with Gasteiger partial charge in [0.2, 0.25) is 0 Å². The van der Waals surface area contributed by atoms with Crippen LogP contribution in [0.25, 0.3) is 0 Å². The van der Waals surface area contributed by atoms with Crippen LogP contribution in [0.5, 0.6) is 0 Å². The van der Waals surface area contributed by atoms with Crippen molar-refractivity contribution in [2.45, 2.75) is 10.9 Å². The second kappa shape index (κ2) is 2.21. The molecule has 0 aromatic rings. The fourth-order valence-corrected chi connectivity index (χ4v) is 7.09. The Morgan fingerprint density at radius 2 is 2.27 bits per heavy atom. The van der Waals surface area contributed by atoms with Crippen LogP contribution in [0.1, 0.15) is 0 Å². The van der Waals surface area contributed by atoms with Crippen LogP contribution in [0, 0.1) is 0 Å². The average Bonchev–Trinajstić information content (AvgIpc) is 2.17. The molecule has 2 unspecified atom stereocenters. The van der Waals surface area contributed by atoms with E-state index < -0.39 is 9.84 Å². The normalized spacial score (nSPS) is 40.2. The van der Waals surface area contributed by atoms with E-state index in [0.29, 0.717) is 10.6 Å². The molecule has 2 rings (SSSR count). The van der Waals surface area contributed by atoms with Crippen molar-refractivity contribution in [3.63, 3.8) is 0 Å². The zero-order chi connectivity index (χ0) is 8.06. The maximum absolute atomic E-state index is 11.1. The molecule has 6 heteroatoms. The van der Waals surface area contributed by atoms with E-state index >= 15 is 0 Å². The predicted octanol–water partition coefficient (Wildman–Crippen LogP) is -3.31. The second-order valence-corrected chi connectivity index (χ2v) is 7.69. The van der Waals surface area contributed by atoms with Gasteiger partial charge in [0, 0.05) is 0 Å². The zero-order valence-corrected chi connectivity index (χ0v) is 8.31. The Bertz CT molecular complexity index is 310. The molecule has 3 N–H and O–H groups in total. The van der Waals surface area contributed by atoms with E-state index in [0.717, 1.165) is 4.73 Å². The van der Waals surface area contributed by atoms with E-state index in [2.05, 4.69) is 4.99 Å². The van der Waals surface area contributed by atoms with Crippen LogP contribution in [-0.2, 0) is 9.84 Å². The third-order valence-electron chi connectivity index (χ3n) is 1.91. The molecule has 0 bridgehead atoms. The Morgan fingerprint density at radius 1 is 1.55 bits per heavy atom. The topological polar surface area (TPSA) is 74.1 Å². The van der Waals surface area contributed by atoms with E-state index in [9.17, 15) is 8.42 Å². The number of fused-ring (bicyclic) bond motifs is 1. The van der Waals surface area contributed by atoms with E-state index in [1.165, 1.54) is 0 Å². The van der Waals surface area contributed by atoms with Gasteiger partial charge in [0.15, 0.2) is 0 Å². The maximum atomic E-state index is 11.1. The van der Waals surface area contributed by atoms with Crippen molar-refractivity contribution in [3.8, 4) is 0 Å². The summed E-state index contributed by atoms with van der Waals surface area (Å²) < 4.78 is 22.9. The number of sulfone groups is 1. The van der Waals surface area contributed by atoms with E-state index in [1.807, 2.05) is 0 Å². The van der Waals surface area contributed by atoms with Crippen LogP contribution in [0.15, 0.2) is 0 Å². The van der Waals surface area contributed by atoms with Crippen molar-refractivity contribution in [2.24, 2.45) is 5.73 Å². The summed E-state index contributed by atoms with van der Waals surface area (Å²) in [6.45, 7) is 0. The van der Waals surface area contributed by atoms with Crippen LogP contribution in [0.2, 0.25) is 4.82 Å². The molecule has 2 aliphatic heterocycles. The number of amidine groups is 1. The SMILES string of the molecule is NC1=[NH+]C2CS(=O)(=O)CC2[Se]1. The van der Waals surface area contributed by atoms with Gasteiger partial charge >= 0.3 is 71.0 Å². The first kappa shape index (κ1) is 7.58. The molecular weight excluding hydrogens is 231 g/mol. The molecular formula is C5H9N2O2SSe+. The van der Waals surface area contributed by atoms with Crippen molar-refractivity contribution in [3.05, 3.63) is 0 Å². The van der Waals surface area contributed by atoms with E-state index in [4.69, 9.17) is 5.73 Å². The molecule has 1 saturated heterocycles. The van der Waals surface area contributed by atoms with Gasteiger partial charge in [0.1, 0.15) is 0 Å². The predicted molar refractivity (Wildman–Crippen MR) is 42.1 cm³/mol. The summed E-state index contributed by atoms with van der Waals surface area (Å²) in [6, 6.07) is 0.125. The Kier molecular flexibility index (Phi) is 1.53. The summed E-state index contributed by atoms with van der Waals surface area (Å²) in [5.41, 5.74) is 5.55. The minimum absolute atomic E-state index is 0.125. The molecule has 2 atom stereocenters. The van der Waals surface area contributed by atoms with Gasteiger partial charge in [-0.1, -0.05) is 0 Å². The van der Waals surface area contributed by atoms with Crippen LogP contribution >= 0.6 is 0 Å². The summed E-state index contributed by atoms with van der Waals surface area (Å²) in [5.74, 6) is 0.617. The summed E-state index contributed by atoms with van der Waals surface area (Å²) >= 11 is 0.189. The quantitative estimate of drug-likeness (QED) is 0.435. The summed E-state index contributed by atoms with van der Waals surface area (Å²) in [7, 11) is -2.74. The average molecular weight is 240 g/mol. The number of nitrogens with two attached hydrogens (primary N) is 1. The first-order valence-corrected chi connectivity index (χ1v) is 6.99. The van der Waals surface area contributed by atoms with Crippen LogP contribution < -0.4 is 10.7 Å². The molecule has 11 heavy (non-hydrogen) atoms. The molecule has 1 fully saturated rings. The number of hydrogen-bond acceptors (Lipinski definition) is 3. The molecule has 62 valence electrons. The van der Waals surface area contributed by atoms with Crippen LogP contribution in [-0.4, -0.2) is 45.7 Å². The molecule has 0 aliphatic carbocycles. The molecule has 0 saturated carbocycles. The van der Waals surface area contributed by atoms with Gasteiger partial charge < -0.3 is 0 Å². The van der Waals surface area contributed by atoms with Gasteiger partial charge in [-0.2, -0.15) is 0 Å². The standard InChI is InChI=1S/C5H8N2O2SSe/c6-5-7-3-1-10(8,9)2-4(3)11-5/h3-4H,1-2H2,(H2,6,7)/p+1. The number of hydrogen-bond donors (Lipinski definition) is 2. The molecule has 0 radical (unpaired) electrons. The van der Waals surface area contributed by atoms with Crippen molar-refractivity contribution < 1.29 is 13.4 Å². The van der Waals surface area contributed by atoms with Crippen LogP contribution in [0.4, 0.5) is 0 Å². The van der Waals surface area contributed by atoms with Crippen molar-refractivity contribution in [1.82, 2.24) is 0 Å². The molecule has 2 aliphatic rings. The molecule has 0 spiro atoms. The number of rotatable bonds is 0. The summed E-state index contributed by atoms with van der Waals surface area (Å²) in [6.07, 6.45) is 0. The van der Waals surface area contributed by atoms with Gasteiger partial charge in [-0.05, 0) is 0 Å². The third-order valence-corrected chi connectivity index (χ3v) is 6.57. The summed E-state index contributed by atoms with van der Waals surface area (Å²) in [5, 5.41) is 0. The Balaban J connectivity index is 2.26. The fraction of sp³-hybridized carbons (Fsp3) is 0.800. The first-order valence-electron chi connectivity index (χ1n) is 3.33. The minimum atomic E-state index is -2.74. The molecule has 0 aromatic carbocycles. The Labute approximate surface area is 71.3 Å². The second-order valence-electron chi connectivity index (χ2n) is 2.85. The first-order chi connectivity index (χ1) is 5.07. The molecule has 0 aromatic heterocycles. The Hall–Kier alpha value is -0.0605. The molecule has 0 amide bonds. The monoisotopic (exact) mass is 241 g/mol. The Morgan fingerprint density at radius 3 is 2.91 bits per heavy atom. The van der Waals surface area contributed by atoms with Gasteiger partial charge in [-0.15, -0.1) is 0 Å². The van der Waals surface area contributed by atoms with Gasteiger partial charge in [0.25, 0.3) is 0 Å². The van der Waals surface area contributed by atoms with Crippen molar-refractivity contribution >= 4 is 29.5 Å². The van der Waals surface area contributed by atoms with Crippen molar-refractivity contribution in [1.29, 1.82) is 0 Å². The zero-order valence-electron chi connectivity index (χ0n) is 5.78. The summed E-state index contributed by atoms with van der Waals surface area (Å²) in [4.78, 5) is 3.31. The van der Waals surface area contributed by atoms with Crippen molar-refractivity contribution in [2.75, 3.05) is 11.5 Å². The van der Waals surface area contributed by atoms with Gasteiger partial charge in [0.05, 0.1) is 0 Å². The molecule has 2 heterocycles.